The van der Waals surface area contributed by atoms with Crippen LogP contribution in [0.25, 0.3) is 0 Å². The SMILES string of the molecule is COc1ccc(C[C@H]2CCN([C@H](C)c3ccccc3)C2=O)cc1. The largest absolute Gasteiger partial charge is 0.497 e. The van der Waals surface area contributed by atoms with Crippen LogP contribution in [0.3, 0.4) is 0 Å². The Morgan fingerprint density at radius 1 is 1.13 bits per heavy atom. The van der Waals surface area contributed by atoms with Crippen LogP contribution in [0, 0.1) is 5.92 Å². The van der Waals surface area contributed by atoms with Crippen molar-refractivity contribution in [2.45, 2.75) is 25.8 Å². The number of likely N-dealkylation sites (tertiary alicyclic amines) is 1. The minimum atomic E-state index is 0.0922. The first kappa shape index (κ1) is 15.6. The molecule has 1 aliphatic heterocycles. The van der Waals surface area contributed by atoms with Crippen LogP contribution >= 0.6 is 0 Å². The van der Waals surface area contributed by atoms with Gasteiger partial charge in [-0.15, -0.1) is 0 Å². The van der Waals surface area contributed by atoms with E-state index in [9.17, 15) is 4.79 Å². The first-order chi connectivity index (χ1) is 11.2. The van der Waals surface area contributed by atoms with E-state index in [4.69, 9.17) is 4.74 Å². The molecule has 0 N–H and O–H groups in total. The van der Waals surface area contributed by atoms with Crippen molar-refractivity contribution < 1.29 is 9.53 Å². The molecule has 1 heterocycles. The summed E-state index contributed by atoms with van der Waals surface area (Å²) in [6.45, 7) is 2.96. The maximum absolute atomic E-state index is 12.7. The molecule has 2 aromatic carbocycles. The van der Waals surface area contributed by atoms with Crippen LogP contribution in [0.2, 0.25) is 0 Å². The van der Waals surface area contributed by atoms with E-state index in [1.807, 2.05) is 35.2 Å². The van der Waals surface area contributed by atoms with E-state index in [2.05, 4.69) is 31.2 Å². The van der Waals surface area contributed by atoms with Crippen LogP contribution in [-0.2, 0) is 11.2 Å². The fourth-order valence-corrected chi connectivity index (χ4v) is 3.29. The zero-order chi connectivity index (χ0) is 16.2. The lowest BCUT2D eigenvalue weighted by molar-refractivity contribution is -0.132. The highest BCUT2D eigenvalue weighted by molar-refractivity contribution is 5.81. The Hall–Kier alpha value is -2.29. The van der Waals surface area contributed by atoms with Gasteiger partial charge in [-0.05, 0) is 43.0 Å². The fraction of sp³-hybridized carbons (Fsp3) is 0.350. The molecule has 3 heteroatoms. The topological polar surface area (TPSA) is 29.5 Å². The summed E-state index contributed by atoms with van der Waals surface area (Å²) < 4.78 is 5.18. The van der Waals surface area contributed by atoms with Gasteiger partial charge in [-0.3, -0.25) is 4.79 Å². The summed E-state index contributed by atoms with van der Waals surface area (Å²) in [5.74, 6) is 1.22. The van der Waals surface area contributed by atoms with Crippen molar-refractivity contribution in [3.63, 3.8) is 0 Å². The minimum Gasteiger partial charge on any atom is -0.497 e. The molecule has 0 aliphatic carbocycles. The van der Waals surface area contributed by atoms with E-state index in [0.29, 0.717) is 0 Å². The van der Waals surface area contributed by atoms with E-state index in [1.54, 1.807) is 7.11 Å². The third kappa shape index (κ3) is 3.39. The monoisotopic (exact) mass is 309 g/mol. The number of hydrogen-bond donors (Lipinski definition) is 0. The highest BCUT2D eigenvalue weighted by Gasteiger charge is 2.34. The standard InChI is InChI=1S/C20H23NO2/c1-15(17-6-4-3-5-7-17)21-13-12-18(20(21)22)14-16-8-10-19(23-2)11-9-16/h3-11,15,18H,12-14H2,1-2H3/t15-,18-/m1/s1. The predicted octanol–water partition coefficient (Wildman–Crippen LogP) is 3.85. The van der Waals surface area contributed by atoms with Crippen LogP contribution in [0.4, 0.5) is 0 Å². The molecule has 0 aromatic heterocycles. The molecule has 1 amide bonds. The Balaban J connectivity index is 1.66. The van der Waals surface area contributed by atoms with Gasteiger partial charge in [0.15, 0.2) is 0 Å². The van der Waals surface area contributed by atoms with Gasteiger partial charge in [-0.2, -0.15) is 0 Å². The van der Waals surface area contributed by atoms with Gasteiger partial charge in [-0.1, -0.05) is 42.5 Å². The van der Waals surface area contributed by atoms with Crippen molar-refractivity contribution in [3.05, 3.63) is 65.7 Å². The first-order valence-electron chi connectivity index (χ1n) is 8.17. The Morgan fingerprint density at radius 2 is 1.83 bits per heavy atom. The van der Waals surface area contributed by atoms with E-state index in [-0.39, 0.29) is 17.9 Å². The number of carbonyl (C=O) groups excluding carboxylic acids is 1. The van der Waals surface area contributed by atoms with Crippen LogP contribution in [0.5, 0.6) is 5.75 Å². The molecule has 23 heavy (non-hydrogen) atoms. The molecule has 2 atom stereocenters. The van der Waals surface area contributed by atoms with Gasteiger partial charge in [-0.25, -0.2) is 0 Å². The highest BCUT2D eigenvalue weighted by atomic mass is 16.5. The van der Waals surface area contributed by atoms with Crippen molar-refractivity contribution in [2.24, 2.45) is 5.92 Å². The molecule has 3 nitrogen and oxygen atoms in total. The van der Waals surface area contributed by atoms with Crippen LogP contribution in [-0.4, -0.2) is 24.5 Å². The smallest absolute Gasteiger partial charge is 0.226 e. The van der Waals surface area contributed by atoms with Gasteiger partial charge < -0.3 is 9.64 Å². The van der Waals surface area contributed by atoms with Crippen molar-refractivity contribution in [1.82, 2.24) is 4.90 Å². The Kier molecular flexibility index (Phi) is 4.65. The Morgan fingerprint density at radius 3 is 2.48 bits per heavy atom. The number of nitrogens with zero attached hydrogens (tertiary/aromatic N) is 1. The molecule has 0 bridgehead atoms. The number of carbonyl (C=O) groups is 1. The lowest BCUT2D eigenvalue weighted by Gasteiger charge is -2.25. The molecule has 0 spiro atoms. The average Bonchev–Trinajstić information content (AvgIpc) is 2.96. The van der Waals surface area contributed by atoms with E-state index in [0.717, 1.165) is 25.1 Å². The molecule has 2 aromatic rings. The number of methoxy groups -OCH3 is 1. The molecule has 0 saturated carbocycles. The lowest BCUT2D eigenvalue weighted by Crippen LogP contribution is -2.30. The van der Waals surface area contributed by atoms with Gasteiger partial charge in [0, 0.05) is 12.5 Å². The van der Waals surface area contributed by atoms with Gasteiger partial charge in [0.2, 0.25) is 5.91 Å². The molecule has 1 aliphatic rings. The van der Waals surface area contributed by atoms with Crippen LogP contribution < -0.4 is 4.74 Å². The fourth-order valence-electron chi connectivity index (χ4n) is 3.29. The maximum atomic E-state index is 12.7. The zero-order valence-corrected chi connectivity index (χ0v) is 13.7. The second-order valence-electron chi connectivity index (χ2n) is 6.16. The Labute approximate surface area is 137 Å². The maximum Gasteiger partial charge on any atom is 0.226 e. The van der Waals surface area contributed by atoms with Crippen molar-refractivity contribution in [3.8, 4) is 5.75 Å². The summed E-state index contributed by atoms with van der Waals surface area (Å²) in [6, 6.07) is 18.4. The average molecular weight is 309 g/mol. The predicted molar refractivity (Wildman–Crippen MR) is 91.4 cm³/mol. The van der Waals surface area contributed by atoms with E-state index in [1.165, 1.54) is 11.1 Å². The molecule has 0 unspecified atom stereocenters. The normalized spacial score (nSPS) is 19.0. The summed E-state index contributed by atoms with van der Waals surface area (Å²) in [5, 5.41) is 0. The molecule has 120 valence electrons. The summed E-state index contributed by atoms with van der Waals surface area (Å²) in [5.41, 5.74) is 2.39. The number of amides is 1. The molecule has 1 saturated heterocycles. The number of benzene rings is 2. The third-order valence-corrected chi connectivity index (χ3v) is 4.74. The van der Waals surface area contributed by atoms with Gasteiger partial charge in [0.25, 0.3) is 0 Å². The van der Waals surface area contributed by atoms with Crippen molar-refractivity contribution in [1.29, 1.82) is 0 Å². The van der Waals surface area contributed by atoms with Crippen LogP contribution in [0.15, 0.2) is 54.6 Å². The van der Waals surface area contributed by atoms with Gasteiger partial charge in [0.05, 0.1) is 13.2 Å². The van der Waals surface area contributed by atoms with Gasteiger partial charge in [0.1, 0.15) is 5.75 Å². The molecule has 1 fully saturated rings. The van der Waals surface area contributed by atoms with Crippen LogP contribution in [0.1, 0.15) is 30.5 Å². The summed E-state index contributed by atoms with van der Waals surface area (Å²) >= 11 is 0. The molecular weight excluding hydrogens is 286 g/mol. The zero-order valence-electron chi connectivity index (χ0n) is 13.7. The quantitative estimate of drug-likeness (QED) is 0.839. The molecule has 0 radical (unpaired) electrons. The van der Waals surface area contributed by atoms with Crippen molar-refractivity contribution in [2.75, 3.05) is 13.7 Å². The number of rotatable bonds is 5. The summed E-state index contributed by atoms with van der Waals surface area (Å²) in [7, 11) is 1.67. The summed E-state index contributed by atoms with van der Waals surface area (Å²) in [6.07, 6.45) is 1.74. The van der Waals surface area contributed by atoms with E-state index < -0.39 is 0 Å². The number of ether oxygens (including phenoxy) is 1. The molecular formula is C20H23NO2. The summed E-state index contributed by atoms with van der Waals surface area (Å²) in [4.78, 5) is 14.8. The van der Waals surface area contributed by atoms with E-state index >= 15 is 0 Å². The highest BCUT2D eigenvalue weighted by Crippen LogP contribution is 2.30. The second kappa shape index (κ2) is 6.86. The molecule has 3 rings (SSSR count). The lowest BCUT2D eigenvalue weighted by atomic mass is 9.98. The minimum absolute atomic E-state index is 0.0922. The third-order valence-electron chi connectivity index (χ3n) is 4.74. The second-order valence-corrected chi connectivity index (χ2v) is 6.16. The Bertz CT molecular complexity index is 651. The van der Waals surface area contributed by atoms with Gasteiger partial charge >= 0.3 is 0 Å². The van der Waals surface area contributed by atoms with Crippen molar-refractivity contribution >= 4 is 5.91 Å². The first-order valence-corrected chi connectivity index (χ1v) is 8.17. The number of hydrogen-bond acceptors (Lipinski definition) is 2.